The number of aromatic nitrogens is 4. The fraction of sp³-hybridized carbons (Fsp3) is 0.0952. The summed E-state index contributed by atoms with van der Waals surface area (Å²) in [5, 5.41) is 4.41. The van der Waals surface area contributed by atoms with Crippen molar-refractivity contribution < 1.29 is 0 Å². The molecular formula is C21H16Cl2N6O. The van der Waals surface area contributed by atoms with Crippen LogP contribution in [0, 0.1) is 0 Å². The number of nitrogens with one attached hydrogen (secondary N) is 2. The second kappa shape index (κ2) is 7.51. The fourth-order valence-electron chi connectivity index (χ4n) is 3.53. The first kappa shape index (κ1) is 18.7. The molecule has 30 heavy (non-hydrogen) atoms. The van der Waals surface area contributed by atoms with E-state index < -0.39 is 0 Å². The number of hydrogen-bond acceptors (Lipinski definition) is 4. The molecule has 2 aromatic carbocycles. The number of aliphatic imine (C=N–C) groups is 1. The second-order valence-electron chi connectivity index (χ2n) is 6.91. The van der Waals surface area contributed by atoms with Crippen molar-refractivity contribution >= 4 is 41.2 Å². The third kappa shape index (κ3) is 3.32. The van der Waals surface area contributed by atoms with Crippen LogP contribution in [-0.2, 0) is 13.1 Å². The molecule has 2 N–H and O–H groups in total. The van der Waals surface area contributed by atoms with Crippen molar-refractivity contribution in [2.75, 3.05) is 5.32 Å². The van der Waals surface area contributed by atoms with Crippen LogP contribution in [0.2, 0.25) is 10.0 Å². The van der Waals surface area contributed by atoms with Crippen molar-refractivity contribution in [1.82, 2.24) is 19.1 Å². The molecule has 1 aliphatic rings. The average Bonchev–Trinajstić information content (AvgIpc) is 3.19. The summed E-state index contributed by atoms with van der Waals surface area (Å²) in [5.74, 6) is 1.24. The van der Waals surface area contributed by atoms with E-state index in [4.69, 9.17) is 23.2 Å². The van der Waals surface area contributed by atoms with E-state index >= 15 is 0 Å². The lowest BCUT2D eigenvalue weighted by Crippen LogP contribution is -2.19. The van der Waals surface area contributed by atoms with Crippen LogP contribution in [-0.4, -0.2) is 25.4 Å². The smallest absolute Gasteiger partial charge is 0.327 e. The van der Waals surface area contributed by atoms with E-state index in [9.17, 15) is 4.79 Å². The van der Waals surface area contributed by atoms with Gasteiger partial charge in [-0.05, 0) is 29.3 Å². The van der Waals surface area contributed by atoms with E-state index in [2.05, 4.69) is 20.3 Å². The Hall–Kier alpha value is -3.29. The maximum Gasteiger partial charge on any atom is 0.327 e. The van der Waals surface area contributed by atoms with E-state index in [1.165, 1.54) is 0 Å². The lowest BCUT2D eigenvalue weighted by Gasteiger charge is -2.07. The minimum atomic E-state index is -0.241. The molecule has 1 aliphatic heterocycles. The summed E-state index contributed by atoms with van der Waals surface area (Å²) in [4.78, 5) is 24.7. The van der Waals surface area contributed by atoms with Gasteiger partial charge in [0.1, 0.15) is 17.2 Å². The van der Waals surface area contributed by atoms with Crippen molar-refractivity contribution in [3.8, 4) is 11.4 Å². The molecule has 0 radical (unpaired) electrons. The van der Waals surface area contributed by atoms with E-state index in [0.717, 1.165) is 11.1 Å². The van der Waals surface area contributed by atoms with Crippen LogP contribution in [0.3, 0.4) is 0 Å². The monoisotopic (exact) mass is 438 g/mol. The molecule has 2 aromatic heterocycles. The zero-order chi connectivity index (χ0) is 20.7. The van der Waals surface area contributed by atoms with Gasteiger partial charge in [0.2, 0.25) is 0 Å². The van der Waals surface area contributed by atoms with Gasteiger partial charge in [-0.2, -0.15) is 0 Å². The third-order valence-corrected chi connectivity index (χ3v) is 5.55. The number of fused-ring (bicyclic) bond motifs is 3. The quantitative estimate of drug-likeness (QED) is 0.491. The molecule has 0 fully saturated rings. The van der Waals surface area contributed by atoms with Gasteiger partial charge in [0.05, 0.1) is 25.8 Å². The molecule has 3 heterocycles. The number of hydrogen-bond donors (Lipinski definition) is 2. The van der Waals surface area contributed by atoms with Crippen molar-refractivity contribution in [2.45, 2.75) is 13.1 Å². The number of H-pyrrole nitrogens is 1. The summed E-state index contributed by atoms with van der Waals surface area (Å²) in [6.07, 6.45) is 3.27. The highest BCUT2D eigenvalue weighted by molar-refractivity contribution is 6.31. The Labute approximate surface area is 181 Å². The average molecular weight is 439 g/mol. The number of aromatic amines is 1. The minimum absolute atomic E-state index is 0.241. The number of imidazole rings is 2. The van der Waals surface area contributed by atoms with Crippen LogP contribution < -0.4 is 11.0 Å². The summed E-state index contributed by atoms with van der Waals surface area (Å²) in [6, 6.07) is 15.1. The molecule has 0 saturated heterocycles. The first-order chi connectivity index (χ1) is 14.6. The van der Waals surface area contributed by atoms with Gasteiger partial charge < -0.3 is 14.9 Å². The van der Waals surface area contributed by atoms with E-state index in [0.29, 0.717) is 46.2 Å². The molecule has 7 nitrogen and oxygen atoms in total. The highest BCUT2D eigenvalue weighted by Crippen LogP contribution is 2.35. The molecule has 150 valence electrons. The third-order valence-electron chi connectivity index (χ3n) is 4.95. The molecule has 9 heteroatoms. The Morgan fingerprint density at radius 2 is 1.90 bits per heavy atom. The van der Waals surface area contributed by atoms with Crippen molar-refractivity contribution in [1.29, 1.82) is 0 Å². The van der Waals surface area contributed by atoms with E-state index in [1.54, 1.807) is 23.3 Å². The molecule has 0 atom stereocenters. The van der Waals surface area contributed by atoms with Crippen LogP contribution >= 0.6 is 23.2 Å². The predicted molar refractivity (Wildman–Crippen MR) is 119 cm³/mol. The van der Waals surface area contributed by atoms with E-state index in [-0.39, 0.29) is 5.69 Å². The van der Waals surface area contributed by atoms with Crippen LogP contribution in [0.5, 0.6) is 0 Å². The van der Waals surface area contributed by atoms with Crippen molar-refractivity contribution in [2.24, 2.45) is 4.99 Å². The van der Waals surface area contributed by atoms with Crippen molar-refractivity contribution in [3.05, 3.63) is 86.5 Å². The SMILES string of the molecule is O=c1[nH]c2c(n1Cc1cccc(Cl)c1)NC=Nc1c-2ncn1Cc1ccccc1Cl. The molecule has 0 unspecified atom stereocenters. The van der Waals surface area contributed by atoms with Gasteiger partial charge in [-0.1, -0.05) is 53.5 Å². The Morgan fingerprint density at radius 3 is 2.73 bits per heavy atom. The molecule has 0 bridgehead atoms. The molecular weight excluding hydrogens is 423 g/mol. The Morgan fingerprint density at radius 1 is 1.03 bits per heavy atom. The van der Waals surface area contributed by atoms with Crippen LogP contribution in [0.25, 0.3) is 11.4 Å². The number of nitrogens with zero attached hydrogens (tertiary/aromatic N) is 4. The molecule has 0 saturated carbocycles. The number of anilines is 1. The van der Waals surface area contributed by atoms with Crippen LogP contribution in [0.4, 0.5) is 11.6 Å². The lowest BCUT2D eigenvalue weighted by atomic mass is 10.2. The molecule has 4 aromatic rings. The first-order valence-electron chi connectivity index (χ1n) is 9.25. The molecule has 5 rings (SSSR count). The summed E-state index contributed by atoms with van der Waals surface area (Å²) >= 11 is 12.4. The van der Waals surface area contributed by atoms with Crippen LogP contribution in [0.1, 0.15) is 11.1 Å². The summed E-state index contributed by atoms with van der Waals surface area (Å²) in [6.45, 7) is 0.879. The molecule has 0 spiro atoms. The number of rotatable bonds is 4. The highest BCUT2D eigenvalue weighted by Gasteiger charge is 2.24. The van der Waals surface area contributed by atoms with Gasteiger partial charge in [-0.15, -0.1) is 0 Å². The zero-order valence-corrected chi connectivity index (χ0v) is 17.2. The van der Waals surface area contributed by atoms with Crippen LogP contribution in [0.15, 0.2) is 64.6 Å². The van der Waals surface area contributed by atoms with Gasteiger partial charge >= 0.3 is 5.69 Å². The zero-order valence-electron chi connectivity index (χ0n) is 15.6. The van der Waals surface area contributed by atoms with Gasteiger partial charge in [0.25, 0.3) is 0 Å². The number of benzene rings is 2. The Kier molecular flexibility index (Phi) is 4.69. The number of halogens is 2. The predicted octanol–water partition coefficient (Wildman–Crippen LogP) is 4.53. The summed E-state index contributed by atoms with van der Waals surface area (Å²) < 4.78 is 3.51. The van der Waals surface area contributed by atoms with Gasteiger partial charge in [0.15, 0.2) is 5.82 Å². The summed E-state index contributed by atoms with van der Waals surface area (Å²) in [7, 11) is 0. The van der Waals surface area contributed by atoms with Gasteiger partial charge in [-0.3, -0.25) is 4.57 Å². The fourth-order valence-corrected chi connectivity index (χ4v) is 3.94. The topological polar surface area (TPSA) is 80.0 Å². The lowest BCUT2D eigenvalue weighted by molar-refractivity contribution is 0.771. The largest absolute Gasteiger partial charge is 0.330 e. The maximum absolute atomic E-state index is 12.7. The standard InChI is InChI=1S/C21H16Cl2N6O/c22-15-6-3-4-13(8-15)9-29-20-18(27-21(29)30)17-19(24-11-25-20)28(12-26-17)10-14-5-1-2-7-16(14)23/h1-8,11-12H,9-10H2,(H,24,25)(H,27,30). The second-order valence-corrected chi connectivity index (χ2v) is 7.75. The minimum Gasteiger partial charge on any atom is -0.330 e. The van der Waals surface area contributed by atoms with E-state index in [1.807, 2.05) is 47.0 Å². The molecule has 0 amide bonds. The Balaban J connectivity index is 1.55. The van der Waals surface area contributed by atoms with Gasteiger partial charge in [0, 0.05) is 10.0 Å². The van der Waals surface area contributed by atoms with Gasteiger partial charge in [-0.25, -0.2) is 14.8 Å². The molecule has 0 aliphatic carbocycles. The summed E-state index contributed by atoms with van der Waals surface area (Å²) in [5.41, 5.74) is 2.82. The highest BCUT2D eigenvalue weighted by atomic mass is 35.5. The normalized spacial score (nSPS) is 12.2. The first-order valence-corrected chi connectivity index (χ1v) is 10.0. The maximum atomic E-state index is 12.7. The Bertz CT molecular complexity index is 1330. The van der Waals surface area contributed by atoms with Crippen molar-refractivity contribution in [3.63, 3.8) is 0 Å².